The van der Waals surface area contributed by atoms with Crippen LogP contribution < -0.4 is 5.32 Å². The zero-order valence-corrected chi connectivity index (χ0v) is 13.2. The van der Waals surface area contributed by atoms with E-state index in [4.69, 9.17) is 4.74 Å². The average molecular weight is 313 g/mol. The highest BCUT2D eigenvalue weighted by Gasteiger charge is 2.20. The summed E-state index contributed by atoms with van der Waals surface area (Å²) in [7, 11) is 0. The van der Waals surface area contributed by atoms with Crippen molar-refractivity contribution in [2.45, 2.75) is 33.6 Å². The number of carbonyl (C=O) groups is 3. The number of ether oxygens (including phenoxy) is 2. The van der Waals surface area contributed by atoms with Crippen molar-refractivity contribution in [1.82, 2.24) is 0 Å². The normalized spacial score (nSPS) is 10.0. The molecule has 7 heteroatoms. The van der Waals surface area contributed by atoms with E-state index >= 15 is 0 Å². The minimum Gasteiger partial charge on any atom is -0.462 e. The molecule has 21 heavy (non-hydrogen) atoms. The number of hydrogen-bond donors (Lipinski definition) is 1. The Bertz CT molecular complexity index is 523. The summed E-state index contributed by atoms with van der Waals surface area (Å²) in [6.45, 7) is 5.76. The van der Waals surface area contributed by atoms with Gasteiger partial charge in [-0.25, -0.2) is 9.59 Å². The largest absolute Gasteiger partial charge is 0.462 e. The molecule has 0 saturated heterocycles. The minimum atomic E-state index is -0.944. The third-order valence-corrected chi connectivity index (χ3v) is 3.56. The Hall–Kier alpha value is -1.89. The predicted molar refractivity (Wildman–Crippen MR) is 79.5 cm³/mol. The van der Waals surface area contributed by atoms with E-state index in [1.807, 2.05) is 6.92 Å². The number of nitrogens with one attached hydrogen (secondary N) is 1. The summed E-state index contributed by atoms with van der Waals surface area (Å²) < 4.78 is 9.59. The van der Waals surface area contributed by atoms with E-state index < -0.39 is 17.8 Å². The molecule has 1 N–H and O–H groups in total. The number of thiophene rings is 1. The first-order valence-electron chi connectivity index (χ1n) is 6.81. The van der Waals surface area contributed by atoms with E-state index in [9.17, 15) is 14.4 Å². The van der Waals surface area contributed by atoms with Gasteiger partial charge in [-0.3, -0.25) is 4.79 Å². The maximum Gasteiger partial charge on any atom is 0.397 e. The van der Waals surface area contributed by atoms with Gasteiger partial charge < -0.3 is 14.8 Å². The van der Waals surface area contributed by atoms with Gasteiger partial charge in [0.25, 0.3) is 0 Å². The number of carbonyl (C=O) groups excluding carboxylic acids is 3. The summed E-state index contributed by atoms with van der Waals surface area (Å²) in [5, 5.41) is 2.87. The third-order valence-electron chi connectivity index (χ3n) is 2.49. The highest BCUT2D eigenvalue weighted by atomic mass is 32.1. The van der Waals surface area contributed by atoms with Gasteiger partial charge in [0.15, 0.2) is 0 Å². The third kappa shape index (κ3) is 4.86. The lowest BCUT2D eigenvalue weighted by molar-refractivity contribution is -0.152. The lowest BCUT2D eigenvalue weighted by Crippen LogP contribution is -2.24. The van der Waals surface area contributed by atoms with Crippen LogP contribution in [0.3, 0.4) is 0 Å². The van der Waals surface area contributed by atoms with Crippen LogP contribution in [0.4, 0.5) is 5.00 Å². The molecule has 1 heterocycles. The summed E-state index contributed by atoms with van der Waals surface area (Å²) >= 11 is 1.10. The smallest absolute Gasteiger partial charge is 0.397 e. The fraction of sp³-hybridized carbons (Fsp3) is 0.500. The van der Waals surface area contributed by atoms with Gasteiger partial charge in [0, 0.05) is 0 Å². The SMILES string of the molecule is CCCc1cc(NC(=O)C(=O)OCC)sc1C(=O)OCC. The zero-order valence-electron chi connectivity index (χ0n) is 12.4. The average Bonchev–Trinajstić information content (AvgIpc) is 2.82. The van der Waals surface area contributed by atoms with Gasteiger partial charge in [-0.15, -0.1) is 11.3 Å². The summed E-state index contributed by atoms with van der Waals surface area (Å²) in [4.78, 5) is 35.2. The van der Waals surface area contributed by atoms with Gasteiger partial charge in [-0.2, -0.15) is 0 Å². The van der Waals surface area contributed by atoms with Gasteiger partial charge >= 0.3 is 17.8 Å². The first-order chi connectivity index (χ1) is 10.0. The van der Waals surface area contributed by atoms with E-state index in [2.05, 4.69) is 10.1 Å². The Morgan fingerprint density at radius 1 is 1.14 bits per heavy atom. The molecule has 0 spiro atoms. The zero-order chi connectivity index (χ0) is 15.8. The van der Waals surface area contributed by atoms with Crippen LogP contribution in [0.2, 0.25) is 0 Å². The molecule has 0 radical (unpaired) electrons. The number of esters is 2. The number of aryl methyl sites for hydroxylation is 1. The second-order valence-electron chi connectivity index (χ2n) is 4.11. The van der Waals surface area contributed by atoms with Crippen LogP contribution in [-0.4, -0.2) is 31.1 Å². The minimum absolute atomic E-state index is 0.131. The highest BCUT2D eigenvalue weighted by Crippen LogP contribution is 2.29. The van der Waals surface area contributed by atoms with E-state index in [-0.39, 0.29) is 13.2 Å². The molecule has 0 unspecified atom stereocenters. The van der Waals surface area contributed by atoms with E-state index in [0.717, 1.165) is 23.3 Å². The number of anilines is 1. The first kappa shape index (κ1) is 17.2. The van der Waals surface area contributed by atoms with Crippen molar-refractivity contribution in [2.24, 2.45) is 0 Å². The molecule has 1 rings (SSSR count). The number of rotatable bonds is 6. The molecular formula is C14H19NO5S. The van der Waals surface area contributed by atoms with Crippen LogP contribution in [0, 0.1) is 0 Å². The standard InChI is InChI=1S/C14H19NO5S/c1-4-7-9-8-10(15-12(16)14(18)20-6-3)21-11(9)13(17)19-5-2/h8H,4-7H2,1-3H3,(H,15,16). The molecule has 0 bridgehead atoms. The van der Waals surface area contributed by atoms with Gasteiger partial charge in [0.2, 0.25) is 0 Å². The molecule has 116 valence electrons. The molecule has 0 atom stereocenters. The van der Waals surface area contributed by atoms with Crippen LogP contribution >= 0.6 is 11.3 Å². The van der Waals surface area contributed by atoms with Crippen molar-refractivity contribution in [3.63, 3.8) is 0 Å². The predicted octanol–water partition coefficient (Wildman–Crippen LogP) is 2.38. The van der Waals surface area contributed by atoms with E-state index in [1.165, 1.54) is 0 Å². The van der Waals surface area contributed by atoms with Crippen LogP contribution in [0.25, 0.3) is 0 Å². The molecule has 0 fully saturated rings. The van der Waals surface area contributed by atoms with Crippen molar-refractivity contribution in [3.05, 3.63) is 16.5 Å². The number of amides is 1. The first-order valence-corrected chi connectivity index (χ1v) is 7.62. The Labute approximate surface area is 127 Å². The second kappa shape index (κ2) is 8.41. The van der Waals surface area contributed by atoms with Crippen molar-refractivity contribution < 1.29 is 23.9 Å². The summed E-state index contributed by atoms with van der Waals surface area (Å²) in [6.07, 6.45) is 1.55. The molecular weight excluding hydrogens is 294 g/mol. The maximum absolute atomic E-state index is 11.9. The molecule has 1 aromatic rings. The lowest BCUT2D eigenvalue weighted by Gasteiger charge is -2.01. The second-order valence-corrected chi connectivity index (χ2v) is 5.16. The fourth-order valence-corrected chi connectivity index (χ4v) is 2.67. The molecule has 0 aliphatic carbocycles. The summed E-state index contributed by atoms with van der Waals surface area (Å²) in [5.74, 6) is -2.21. The van der Waals surface area contributed by atoms with E-state index in [1.54, 1.807) is 19.9 Å². The Morgan fingerprint density at radius 3 is 2.38 bits per heavy atom. The highest BCUT2D eigenvalue weighted by molar-refractivity contribution is 7.18. The lowest BCUT2D eigenvalue weighted by atomic mass is 10.1. The fourth-order valence-electron chi connectivity index (χ4n) is 1.67. The molecule has 0 aliphatic rings. The Balaban J connectivity index is 2.89. The van der Waals surface area contributed by atoms with Gasteiger partial charge in [-0.05, 0) is 31.9 Å². The van der Waals surface area contributed by atoms with Gasteiger partial charge in [0.1, 0.15) is 4.88 Å². The van der Waals surface area contributed by atoms with E-state index in [0.29, 0.717) is 16.3 Å². The quantitative estimate of drug-likeness (QED) is 0.644. The topological polar surface area (TPSA) is 81.7 Å². The molecule has 6 nitrogen and oxygen atoms in total. The maximum atomic E-state index is 11.9. The van der Waals surface area contributed by atoms with Gasteiger partial charge in [0.05, 0.1) is 18.2 Å². The Morgan fingerprint density at radius 2 is 1.81 bits per heavy atom. The molecule has 0 saturated carbocycles. The van der Waals surface area contributed by atoms with Crippen molar-refractivity contribution in [2.75, 3.05) is 18.5 Å². The van der Waals surface area contributed by atoms with Crippen LogP contribution in [0.5, 0.6) is 0 Å². The summed E-state index contributed by atoms with van der Waals surface area (Å²) in [6, 6.07) is 1.69. The molecule has 0 aliphatic heterocycles. The van der Waals surface area contributed by atoms with Crippen LogP contribution in [0.15, 0.2) is 6.07 Å². The number of hydrogen-bond acceptors (Lipinski definition) is 6. The Kier molecular flexibility index (Phi) is 6.87. The monoisotopic (exact) mass is 313 g/mol. The van der Waals surface area contributed by atoms with Crippen molar-refractivity contribution in [3.8, 4) is 0 Å². The van der Waals surface area contributed by atoms with Crippen molar-refractivity contribution >= 4 is 34.2 Å². The van der Waals surface area contributed by atoms with Crippen LogP contribution in [0.1, 0.15) is 42.4 Å². The molecule has 0 aromatic carbocycles. The van der Waals surface area contributed by atoms with Gasteiger partial charge in [-0.1, -0.05) is 13.3 Å². The summed E-state index contributed by atoms with van der Waals surface area (Å²) in [5.41, 5.74) is 0.806. The van der Waals surface area contributed by atoms with Crippen LogP contribution in [-0.2, 0) is 25.5 Å². The molecule has 1 amide bonds. The molecule has 1 aromatic heterocycles. The van der Waals surface area contributed by atoms with Crippen molar-refractivity contribution in [1.29, 1.82) is 0 Å².